The molecule has 0 aromatic heterocycles. The Morgan fingerprint density at radius 1 is 1.29 bits per heavy atom. The molecule has 1 atom stereocenters. The van der Waals surface area contributed by atoms with Gasteiger partial charge in [-0.25, -0.2) is 0 Å². The second-order valence-electron chi connectivity index (χ2n) is 7.82. The van der Waals surface area contributed by atoms with Crippen LogP contribution in [0.2, 0.25) is 0 Å². The van der Waals surface area contributed by atoms with Gasteiger partial charge in [0.15, 0.2) is 0 Å². The van der Waals surface area contributed by atoms with Crippen LogP contribution in [-0.4, -0.2) is 50.3 Å². The lowest BCUT2D eigenvalue weighted by atomic mass is 9.97. The van der Waals surface area contributed by atoms with E-state index in [2.05, 4.69) is 22.4 Å². The van der Waals surface area contributed by atoms with Crippen molar-refractivity contribution in [2.24, 2.45) is 0 Å². The number of nitrogens with one attached hydrogen (secondary N) is 1. The molecule has 1 aliphatic heterocycles. The van der Waals surface area contributed by atoms with Crippen LogP contribution in [0, 0.1) is 0 Å². The van der Waals surface area contributed by atoms with Gasteiger partial charge in [0.05, 0.1) is 19.8 Å². The molecule has 0 saturated carbocycles. The van der Waals surface area contributed by atoms with Crippen molar-refractivity contribution in [3.63, 3.8) is 0 Å². The van der Waals surface area contributed by atoms with E-state index in [-0.39, 0.29) is 12.0 Å². The molecule has 5 nitrogen and oxygen atoms in total. The summed E-state index contributed by atoms with van der Waals surface area (Å²) in [5.74, 6) is 0.953. The summed E-state index contributed by atoms with van der Waals surface area (Å²) in [4.78, 5) is 14.8. The Bertz CT molecular complexity index is 653. The zero-order chi connectivity index (χ0) is 19.6. The van der Waals surface area contributed by atoms with E-state index in [1.54, 1.807) is 7.11 Å². The van der Waals surface area contributed by atoms with Crippen molar-refractivity contribution in [2.45, 2.75) is 57.6 Å². The van der Waals surface area contributed by atoms with Gasteiger partial charge in [0.1, 0.15) is 5.75 Å². The van der Waals surface area contributed by atoms with Gasteiger partial charge in [-0.1, -0.05) is 29.8 Å². The molecule has 0 spiro atoms. The van der Waals surface area contributed by atoms with Crippen LogP contribution in [0.4, 0.5) is 0 Å². The number of nitrogens with zero attached hydrogens (tertiary/aromatic N) is 1. The lowest BCUT2D eigenvalue weighted by Gasteiger charge is -2.25. The summed E-state index contributed by atoms with van der Waals surface area (Å²) in [6, 6.07) is 8.02. The molecular weight excluding hydrogens is 352 g/mol. The molecule has 1 amide bonds. The van der Waals surface area contributed by atoms with Gasteiger partial charge in [-0.2, -0.15) is 0 Å². The number of benzene rings is 1. The summed E-state index contributed by atoms with van der Waals surface area (Å²) in [5, 5.41) is 3.11. The molecule has 3 rings (SSSR count). The maximum absolute atomic E-state index is 12.6. The Hall–Kier alpha value is -1.85. The van der Waals surface area contributed by atoms with Gasteiger partial charge < -0.3 is 14.8 Å². The molecule has 1 aromatic rings. The molecule has 0 bridgehead atoms. The first-order valence-corrected chi connectivity index (χ1v) is 10.6. The Labute approximate surface area is 169 Å². The molecule has 1 aromatic carbocycles. The number of ether oxygens (including phenoxy) is 2. The summed E-state index contributed by atoms with van der Waals surface area (Å²) in [6.07, 6.45) is 10.7. The van der Waals surface area contributed by atoms with Crippen LogP contribution in [0.1, 0.15) is 50.5 Å². The number of para-hydroxylation sites is 1. The predicted molar refractivity (Wildman–Crippen MR) is 111 cm³/mol. The quantitative estimate of drug-likeness (QED) is 0.623. The second-order valence-corrected chi connectivity index (χ2v) is 7.82. The highest BCUT2D eigenvalue weighted by Crippen LogP contribution is 2.21. The van der Waals surface area contributed by atoms with Crippen LogP contribution >= 0.6 is 0 Å². The summed E-state index contributed by atoms with van der Waals surface area (Å²) in [6.45, 7) is 3.40. The van der Waals surface area contributed by atoms with Gasteiger partial charge in [-0.3, -0.25) is 9.69 Å². The standard InChI is InChI=1S/C23H34N2O3/c1-27-22-12-6-5-10-20(22)16-25(17-21-11-7-15-28-21)18-23(26)24-14-13-19-8-3-2-4-9-19/h5-6,8,10,12,21H,2-4,7,9,11,13-18H2,1H3,(H,24,26). The fourth-order valence-electron chi connectivity index (χ4n) is 4.09. The summed E-state index contributed by atoms with van der Waals surface area (Å²) >= 11 is 0. The van der Waals surface area contributed by atoms with E-state index in [9.17, 15) is 4.79 Å². The van der Waals surface area contributed by atoms with Crippen molar-refractivity contribution in [1.82, 2.24) is 10.2 Å². The number of allylic oxidation sites excluding steroid dienone is 1. The lowest BCUT2D eigenvalue weighted by Crippen LogP contribution is -2.40. The van der Waals surface area contributed by atoms with Gasteiger partial charge in [0, 0.05) is 31.8 Å². The van der Waals surface area contributed by atoms with Gasteiger partial charge >= 0.3 is 0 Å². The number of hydrogen-bond donors (Lipinski definition) is 1. The smallest absolute Gasteiger partial charge is 0.234 e. The van der Waals surface area contributed by atoms with Crippen molar-refractivity contribution in [1.29, 1.82) is 0 Å². The zero-order valence-corrected chi connectivity index (χ0v) is 17.1. The highest BCUT2D eigenvalue weighted by Gasteiger charge is 2.22. The highest BCUT2D eigenvalue weighted by molar-refractivity contribution is 5.78. The fraction of sp³-hybridized carbons (Fsp3) is 0.609. The Kier molecular flexibility index (Phi) is 8.37. The first kappa shape index (κ1) is 20.9. The van der Waals surface area contributed by atoms with Crippen LogP contribution < -0.4 is 10.1 Å². The average molecular weight is 387 g/mol. The molecule has 1 heterocycles. The molecule has 28 heavy (non-hydrogen) atoms. The molecule has 0 radical (unpaired) electrons. The number of rotatable bonds is 10. The number of methoxy groups -OCH3 is 1. The summed E-state index contributed by atoms with van der Waals surface area (Å²) < 4.78 is 11.3. The predicted octanol–water partition coefficient (Wildman–Crippen LogP) is 3.68. The zero-order valence-electron chi connectivity index (χ0n) is 17.1. The molecule has 2 aliphatic rings. The molecule has 1 N–H and O–H groups in total. The second kappa shape index (κ2) is 11.2. The molecule has 1 fully saturated rings. The molecule has 154 valence electrons. The molecule has 1 unspecified atom stereocenters. The summed E-state index contributed by atoms with van der Waals surface area (Å²) in [7, 11) is 1.69. The van der Waals surface area contributed by atoms with Crippen LogP contribution in [0.15, 0.2) is 35.9 Å². The van der Waals surface area contributed by atoms with Crippen molar-refractivity contribution < 1.29 is 14.3 Å². The average Bonchev–Trinajstić information content (AvgIpc) is 3.22. The van der Waals surface area contributed by atoms with E-state index in [4.69, 9.17) is 9.47 Å². The van der Waals surface area contributed by atoms with Crippen LogP contribution in [0.5, 0.6) is 5.75 Å². The van der Waals surface area contributed by atoms with Crippen LogP contribution in [-0.2, 0) is 16.1 Å². The lowest BCUT2D eigenvalue weighted by molar-refractivity contribution is -0.122. The Morgan fingerprint density at radius 2 is 2.18 bits per heavy atom. The third-order valence-electron chi connectivity index (χ3n) is 5.59. The molecule has 1 aliphatic carbocycles. The normalized spacial score (nSPS) is 19.5. The van der Waals surface area contributed by atoms with Gasteiger partial charge in [-0.15, -0.1) is 0 Å². The topological polar surface area (TPSA) is 50.8 Å². The van der Waals surface area contributed by atoms with Crippen LogP contribution in [0.3, 0.4) is 0 Å². The van der Waals surface area contributed by atoms with E-state index in [1.807, 2.05) is 18.2 Å². The Balaban J connectivity index is 1.53. The maximum Gasteiger partial charge on any atom is 0.234 e. The van der Waals surface area contributed by atoms with Crippen molar-refractivity contribution in [3.05, 3.63) is 41.5 Å². The van der Waals surface area contributed by atoms with E-state index in [0.717, 1.165) is 50.3 Å². The van der Waals surface area contributed by atoms with E-state index in [1.165, 1.54) is 31.3 Å². The number of amides is 1. The minimum atomic E-state index is 0.0873. The van der Waals surface area contributed by atoms with Crippen molar-refractivity contribution >= 4 is 5.91 Å². The van der Waals surface area contributed by atoms with E-state index in [0.29, 0.717) is 13.1 Å². The van der Waals surface area contributed by atoms with Crippen molar-refractivity contribution in [3.8, 4) is 5.75 Å². The molecular formula is C23H34N2O3. The molecule has 5 heteroatoms. The third-order valence-corrected chi connectivity index (χ3v) is 5.59. The number of carbonyl (C=O) groups excluding carboxylic acids is 1. The minimum absolute atomic E-state index is 0.0873. The number of carbonyl (C=O) groups is 1. The van der Waals surface area contributed by atoms with E-state index < -0.39 is 0 Å². The van der Waals surface area contributed by atoms with E-state index >= 15 is 0 Å². The van der Waals surface area contributed by atoms with Gasteiger partial charge in [0.25, 0.3) is 0 Å². The van der Waals surface area contributed by atoms with Crippen LogP contribution in [0.25, 0.3) is 0 Å². The largest absolute Gasteiger partial charge is 0.496 e. The fourth-order valence-corrected chi connectivity index (χ4v) is 4.09. The SMILES string of the molecule is COc1ccccc1CN(CC(=O)NCCC1=CCCCC1)CC1CCCO1. The monoisotopic (exact) mass is 386 g/mol. The minimum Gasteiger partial charge on any atom is -0.496 e. The summed E-state index contributed by atoms with van der Waals surface area (Å²) in [5.41, 5.74) is 2.60. The highest BCUT2D eigenvalue weighted by atomic mass is 16.5. The first-order chi connectivity index (χ1) is 13.7. The van der Waals surface area contributed by atoms with Gasteiger partial charge in [-0.05, 0) is 51.0 Å². The van der Waals surface area contributed by atoms with Gasteiger partial charge in [0.2, 0.25) is 5.91 Å². The Morgan fingerprint density at radius 3 is 2.93 bits per heavy atom. The molecule has 1 saturated heterocycles. The number of hydrogen-bond acceptors (Lipinski definition) is 4. The van der Waals surface area contributed by atoms with Crippen molar-refractivity contribution in [2.75, 3.05) is 33.4 Å². The first-order valence-electron chi connectivity index (χ1n) is 10.6. The third kappa shape index (κ3) is 6.64. The maximum atomic E-state index is 12.6.